The summed E-state index contributed by atoms with van der Waals surface area (Å²) in [6.45, 7) is 8.23. The molecule has 1 saturated carbocycles. The monoisotopic (exact) mass is 358 g/mol. The van der Waals surface area contributed by atoms with Crippen molar-refractivity contribution >= 4 is 17.7 Å². The van der Waals surface area contributed by atoms with Crippen LogP contribution < -0.4 is 0 Å². The molecule has 0 radical (unpaired) electrons. The molecule has 134 valence electrons. The van der Waals surface area contributed by atoms with Crippen LogP contribution in [-0.2, 0) is 11.3 Å². The van der Waals surface area contributed by atoms with Crippen LogP contribution in [0, 0.1) is 0 Å². The summed E-state index contributed by atoms with van der Waals surface area (Å²) in [5.41, 5.74) is 1.23. The summed E-state index contributed by atoms with van der Waals surface area (Å²) in [5.74, 6) is 1.76. The van der Waals surface area contributed by atoms with E-state index in [1.807, 2.05) is 31.7 Å². The lowest BCUT2D eigenvalue weighted by atomic mass is 10.2. The summed E-state index contributed by atoms with van der Waals surface area (Å²) >= 11 is 1.52. The average molecular weight is 359 g/mol. The van der Waals surface area contributed by atoms with Crippen molar-refractivity contribution in [1.29, 1.82) is 0 Å². The minimum atomic E-state index is -0.161. The van der Waals surface area contributed by atoms with Crippen molar-refractivity contribution in [3.63, 3.8) is 0 Å². The predicted molar refractivity (Wildman–Crippen MR) is 101 cm³/mol. The fourth-order valence-electron chi connectivity index (χ4n) is 2.95. The van der Waals surface area contributed by atoms with Crippen LogP contribution in [0.5, 0.6) is 0 Å². The van der Waals surface area contributed by atoms with Gasteiger partial charge in [0.2, 0.25) is 5.91 Å². The van der Waals surface area contributed by atoms with Crippen LogP contribution in [0.15, 0.2) is 35.5 Å². The standard InChI is InChI=1S/C19H26N4OS/c1-4-22(5-2)18(24)14(3)25-19-21-20-17(16-11-12-16)23(19)13-15-9-7-6-8-10-15/h6-10,14,16H,4-5,11-13H2,1-3H3. The highest BCUT2D eigenvalue weighted by molar-refractivity contribution is 8.00. The van der Waals surface area contributed by atoms with E-state index in [-0.39, 0.29) is 11.2 Å². The highest BCUT2D eigenvalue weighted by Crippen LogP contribution is 2.40. The molecule has 1 aliphatic rings. The molecule has 0 bridgehead atoms. The summed E-state index contributed by atoms with van der Waals surface area (Å²) in [7, 11) is 0. The maximum absolute atomic E-state index is 12.6. The van der Waals surface area contributed by atoms with E-state index >= 15 is 0 Å². The zero-order chi connectivity index (χ0) is 17.8. The first-order chi connectivity index (χ1) is 12.1. The molecule has 2 aromatic rings. The molecule has 6 heteroatoms. The molecule has 1 aliphatic carbocycles. The summed E-state index contributed by atoms with van der Waals surface area (Å²) in [6, 6.07) is 10.4. The van der Waals surface area contributed by atoms with Gasteiger partial charge >= 0.3 is 0 Å². The number of carbonyl (C=O) groups is 1. The lowest BCUT2D eigenvalue weighted by molar-refractivity contribution is -0.129. The Bertz CT molecular complexity index is 707. The first kappa shape index (κ1) is 18.0. The number of amides is 1. The minimum Gasteiger partial charge on any atom is -0.342 e. The Morgan fingerprint density at radius 1 is 1.24 bits per heavy atom. The first-order valence-electron chi connectivity index (χ1n) is 9.06. The second kappa shape index (κ2) is 8.04. The molecule has 0 saturated heterocycles. The lowest BCUT2D eigenvalue weighted by Crippen LogP contribution is -2.36. The molecule has 5 nitrogen and oxygen atoms in total. The van der Waals surface area contributed by atoms with Gasteiger partial charge < -0.3 is 9.47 Å². The van der Waals surface area contributed by atoms with Crippen LogP contribution >= 0.6 is 11.8 Å². The molecule has 1 heterocycles. The van der Waals surface area contributed by atoms with Gasteiger partial charge in [0.25, 0.3) is 0 Å². The predicted octanol–water partition coefficient (Wildman–Crippen LogP) is 3.55. The number of thioether (sulfide) groups is 1. The molecule has 1 aromatic carbocycles. The van der Waals surface area contributed by atoms with Gasteiger partial charge in [-0.15, -0.1) is 10.2 Å². The molecule has 0 spiro atoms. The molecule has 1 amide bonds. The van der Waals surface area contributed by atoms with Gasteiger partial charge in [0.15, 0.2) is 5.16 Å². The van der Waals surface area contributed by atoms with E-state index in [0.29, 0.717) is 5.92 Å². The fourth-order valence-corrected chi connectivity index (χ4v) is 3.89. The summed E-state index contributed by atoms with van der Waals surface area (Å²) in [6.07, 6.45) is 2.37. The Labute approximate surface area is 153 Å². The summed E-state index contributed by atoms with van der Waals surface area (Å²) in [5, 5.41) is 9.54. The third-order valence-corrected chi connectivity index (χ3v) is 5.64. The van der Waals surface area contributed by atoms with Gasteiger partial charge in [0.05, 0.1) is 11.8 Å². The van der Waals surface area contributed by atoms with Gasteiger partial charge in [-0.1, -0.05) is 42.1 Å². The van der Waals surface area contributed by atoms with Crippen molar-refractivity contribution in [3.8, 4) is 0 Å². The fraction of sp³-hybridized carbons (Fsp3) is 0.526. The zero-order valence-corrected chi connectivity index (χ0v) is 16.0. The number of hydrogen-bond donors (Lipinski definition) is 0. The smallest absolute Gasteiger partial charge is 0.235 e. The average Bonchev–Trinajstić information content (AvgIpc) is 3.40. The van der Waals surface area contributed by atoms with Crippen molar-refractivity contribution in [2.24, 2.45) is 0 Å². The molecule has 1 fully saturated rings. The van der Waals surface area contributed by atoms with E-state index in [9.17, 15) is 4.79 Å². The first-order valence-corrected chi connectivity index (χ1v) is 9.94. The SMILES string of the molecule is CCN(CC)C(=O)C(C)Sc1nnc(C2CC2)n1Cc1ccccc1. The summed E-state index contributed by atoms with van der Waals surface area (Å²) < 4.78 is 2.20. The maximum atomic E-state index is 12.6. The van der Waals surface area contributed by atoms with Crippen molar-refractivity contribution in [2.45, 2.75) is 56.5 Å². The lowest BCUT2D eigenvalue weighted by Gasteiger charge is -2.22. The molecule has 0 N–H and O–H groups in total. The number of benzene rings is 1. The van der Waals surface area contributed by atoms with E-state index in [2.05, 4.69) is 39.0 Å². The topological polar surface area (TPSA) is 51.0 Å². The Hall–Kier alpha value is -1.82. The van der Waals surface area contributed by atoms with Crippen LogP contribution in [0.25, 0.3) is 0 Å². The van der Waals surface area contributed by atoms with E-state index in [1.165, 1.54) is 30.2 Å². The van der Waals surface area contributed by atoms with Gasteiger partial charge in [-0.05, 0) is 39.2 Å². The van der Waals surface area contributed by atoms with Gasteiger partial charge in [0.1, 0.15) is 5.82 Å². The van der Waals surface area contributed by atoms with E-state index < -0.39 is 0 Å². The van der Waals surface area contributed by atoms with Crippen LogP contribution in [0.4, 0.5) is 0 Å². The Balaban J connectivity index is 1.80. The van der Waals surface area contributed by atoms with Gasteiger partial charge in [-0.2, -0.15) is 0 Å². The number of aromatic nitrogens is 3. The third kappa shape index (κ3) is 4.24. The molecule has 25 heavy (non-hydrogen) atoms. The zero-order valence-electron chi connectivity index (χ0n) is 15.2. The van der Waals surface area contributed by atoms with Gasteiger partial charge in [0, 0.05) is 19.0 Å². The van der Waals surface area contributed by atoms with Crippen molar-refractivity contribution in [1.82, 2.24) is 19.7 Å². The largest absolute Gasteiger partial charge is 0.342 e. The van der Waals surface area contributed by atoms with Gasteiger partial charge in [-0.3, -0.25) is 4.79 Å². The molecular formula is C19H26N4OS. The molecule has 1 aromatic heterocycles. The van der Waals surface area contributed by atoms with E-state index in [0.717, 1.165) is 30.6 Å². The van der Waals surface area contributed by atoms with Crippen molar-refractivity contribution in [2.75, 3.05) is 13.1 Å². The second-order valence-corrected chi connectivity index (χ2v) is 7.77. The van der Waals surface area contributed by atoms with Crippen LogP contribution in [0.3, 0.4) is 0 Å². The molecule has 0 aliphatic heterocycles. The van der Waals surface area contributed by atoms with Crippen LogP contribution in [0.1, 0.15) is 50.9 Å². The molecule has 3 rings (SSSR count). The van der Waals surface area contributed by atoms with E-state index in [4.69, 9.17) is 0 Å². The number of nitrogens with zero attached hydrogens (tertiary/aromatic N) is 4. The van der Waals surface area contributed by atoms with Crippen molar-refractivity contribution in [3.05, 3.63) is 41.7 Å². The van der Waals surface area contributed by atoms with Crippen LogP contribution in [-0.4, -0.2) is 43.9 Å². The number of hydrogen-bond acceptors (Lipinski definition) is 4. The molecule has 1 atom stereocenters. The highest BCUT2D eigenvalue weighted by atomic mass is 32.2. The Morgan fingerprint density at radius 2 is 1.92 bits per heavy atom. The Morgan fingerprint density at radius 3 is 2.52 bits per heavy atom. The normalized spacial score (nSPS) is 15.2. The van der Waals surface area contributed by atoms with Crippen molar-refractivity contribution < 1.29 is 4.79 Å². The number of carbonyl (C=O) groups excluding carboxylic acids is 1. The highest BCUT2D eigenvalue weighted by Gasteiger charge is 2.31. The maximum Gasteiger partial charge on any atom is 0.235 e. The van der Waals surface area contributed by atoms with Gasteiger partial charge in [-0.25, -0.2) is 0 Å². The Kier molecular flexibility index (Phi) is 5.78. The third-order valence-electron chi connectivity index (χ3n) is 4.58. The number of rotatable bonds is 8. The quantitative estimate of drug-likeness (QED) is 0.677. The molecular weight excluding hydrogens is 332 g/mol. The van der Waals surface area contributed by atoms with E-state index in [1.54, 1.807) is 0 Å². The summed E-state index contributed by atoms with van der Waals surface area (Å²) in [4.78, 5) is 14.5. The van der Waals surface area contributed by atoms with Crippen LogP contribution in [0.2, 0.25) is 0 Å². The molecule has 1 unspecified atom stereocenters. The minimum absolute atomic E-state index is 0.161. The second-order valence-electron chi connectivity index (χ2n) is 6.46.